The Hall–Kier alpha value is -1.14. The number of hydrogen-bond acceptors (Lipinski definition) is 4. The molecule has 0 aliphatic carbocycles. The second kappa shape index (κ2) is 6.15. The van der Waals surface area contributed by atoms with Crippen LogP contribution in [0.2, 0.25) is 0 Å². The van der Waals surface area contributed by atoms with Crippen molar-refractivity contribution in [1.29, 1.82) is 0 Å². The molecule has 6 nitrogen and oxygen atoms in total. The fraction of sp³-hybridized carbons (Fsp3) is 0.833. The molecule has 0 aromatic rings. The Morgan fingerprint density at radius 1 is 1.39 bits per heavy atom. The van der Waals surface area contributed by atoms with Gasteiger partial charge in [0.25, 0.3) is 0 Å². The maximum Gasteiger partial charge on any atom is 0.311 e. The summed E-state index contributed by atoms with van der Waals surface area (Å²) in [6, 6.07) is -0.105. The van der Waals surface area contributed by atoms with E-state index in [9.17, 15) is 9.59 Å². The van der Waals surface area contributed by atoms with Gasteiger partial charge in [-0.15, -0.1) is 0 Å². The molecule has 2 fully saturated rings. The summed E-state index contributed by atoms with van der Waals surface area (Å²) in [6.45, 7) is 5.33. The van der Waals surface area contributed by atoms with Gasteiger partial charge in [0.2, 0.25) is 0 Å². The highest BCUT2D eigenvalue weighted by Crippen LogP contribution is 2.15. The van der Waals surface area contributed by atoms with Gasteiger partial charge in [-0.25, -0.2) is 0 Å². The first kappa shape index (κ1) is 13.3. The van der Waals surface area contributed by atoms with Gasteiger partial charge < -0.3 is 20.3 Å². The molecular formula is C12H21N3O3. The Bertz CT molecular complexity index is 310. The van der Waals surface area contributed by atoms with Crippen LogP contribution < -0.4 is 10.6 Å². The number of rotatable bonds is 2. The molecule has 2 atom stereocenters. The summed E-state index contributed by atoms with van der Waals surface area (Å²) in [4.78, 5) is 25.3. The van der Waals surface area contributed by atoms with Crippen LogP contribution in [-0.2, 0) is 14.3 Å². The molecule has 18 heavy (non-hydrogen) atoms. The van der Waals surface area contributed by atoms with E-state index in [1.54, 1.807) is 4.90 Å². The molecule has 2 saturated heterocycles. The number of ether oxygens (including phenoxy) is 1. The van der Waals surface area contributed by atoms with Gasteiger partial charge in [0.05, 0.1) is 12.1 Å². The highest BCUT2D eigenvalue weighted by molar-refractivity contribution is 6.35. The third-order valence-electron chi connectivity index (χ3n) is 3.48. The van der Waals surface area contributed by atoms with E-state index in [4.69, 9.17) is 4.74 Å². The molecule has 2 amide bonds. The van der Waals surface area contributed by atoms with E-state index in [-0.39, 0.29) is 12.1 Å². The number of nitrogens with one attached hydrogen (secondary N) is 2. The molecule has 0 saturated carbocycles. The first-order valence-corrected chi connectivity index (χ1v) is 6.60. The Kier molecular flexibility index (Phi) is 4.54. The fourth-order valence-electron chi connectivity index (χ4n) is 2.37. The molecule has 0 bridgehead atoms. The molecule has 0 aromatic heterocycles. The summed E-state index contributed by atoms with van der Waals surface area (Å²) in [5.41, 5.74) is 0. The van der Waals surface area contributed by atoms with Crippen LogP contribution in [0.5, 0.6) is 0 Å². The van der Waals surface area contributed by atoms with Crippen LogP contribution in [-0.4, -0.2) is 61.6 Å². The predicted octanol–water partition coefficient (Wildman–Crippen LogP) is -0.898. The van der Waals surface area contributed by atoms with Crippen LogP contribution in [0.4, 0.5) is 0 Å². The lowest BCUT2D eigenvalue weighted by atomic mass is 10.1. The predicted molar refractivity (Wildman–Crippen MR) is 66.0 cm³/mol. The molecule has 6 heteroatoms. The molecular weight excluding hydrogens is 234 g/mol. The molecule has 2 rings (SSSR count). The second-order valence-corrected chi connectivity index (χ2v) is 4.86. The third-order valence-corrected chi connectivity index (χ3v) is 3.48. The average molecular weight is 255 g/mol. The van der Waals surface area contributed by atoms with Crippen molar-refractivity contribution in [2.45, 2.75) is 31.9 Å². The van der Waals surface area contributed by atoms with Gasteiger partial charge in [-0.1, -0.05) is 0 Å². The second-order valence-electron chi connectivity index (χ2n) is 4.86. The molecule has 0 spiro atoms. The number of hydrogen-bond donors (Lipinski definition) is 2. The maximum absolute atomic E-state index is 11.9. The van der Waals surface area contributed by atoms with Crippen molar-refractivity contribution in [2.75, 3.05) is 32.8 Å². The Labute approximate surface area is 107 Å². The number of carbonyl (C=O) groups excluding carboxylic acids is 2. The van der Waals surface area contributed by atoms with Crippen LogP contribution >= 0.6 is 0 Å². The molecule has 0 aromatic carbocycles. The zero-order valence-electron chi connectivity index (χ0n) is 10.8. The smallest absolute Gasteiger partial charge is 0.311 e. The van der Waals surface area contributed by atoms with Crippen molar-refractivity contribution in [3.05, 3.63) is 0 Å². The Morgan fingerprint density at radius 2 is 2.11 bits per heavy atom. The van der Waals surface area contributed by atoms with Gasteiger partial charge in [-0.3, -0.25) is 9.59 Å². The van der Waals surface area contributed by atoms with Gasteiger partial charge in [-0.2, -0.15) is 0 Å². The van der Waals surface area contributed by atoms with Crippen molar-refractivity contribution in [3.8, 4) is 0 Å². The zero-order chi connectivity index (χ0) is 13.0. The van der Waals surface area contributed by atoms with E-state index in [2.05, 4.69) is 10.6 Å². The molecule has 102 valence electrons. The summed E-state index contributed by atoms with van der Waals surface area (Å²) in [7, 11) is 0. The average Bonchev–Trinajstić information content (AvgIpc) is 2.92. The van der Waals surface area contributed by atoms with E-state index in [0.29, 0.717) is 13.1 Å². The number of piperazine rings is 1. The van der Waals surface area contributed by atoms with E-state index in [0.717, 1.165) is 32.5 Å². The minimum atomic E-state index is -0.514. The van der Waals surface area contributed by atoms with Crippen LogP contribution in [0, 0.1) is 0 Å². The summed E-state index contributed by atoms with van der Waals surface area (Å²) in [5.74, 6) is -0.943. The largest absolute Gasteiger partial charge is 0.376 e. The Morgan fingerprint density at radius 3 is 2.72 bits per heavy atom. The SMILES string of the molecule is CC(NC(=O)C(=O)N1CCNCC1)C1CCCO1. The van der Waals surface area contributed by atoms with Crippen LogP contribution in [0.15, 0.2) is 0 Å². The normalized spacial score (nSPS) is 25.8. The lowest BCUT2D eigenvalue weighted by Crippen LogP contribution is -2.53. The summed E-state index contributed by atoms with van der Waals surface area (Å²) in [6.07, 6.45) is 2.02. The quantitative estimate of drug-likeness (QED) is 0.628. The molecule has 2 aliphatic rings. The minimum absolute atomic E-state index is 0.0461. The lowest BCUT2D eigenvalue weighted by Gasteiger charge is -2.28. The van der Waals surface area contributed by atoms with E-state index >= 15 is 0 Å². The van der Waals surface area contributed by atoms with Crippen molar-refractivity contribution in [3.63, 3.8) is 0 Å². The molecule has 2 heterocycles. The number of nitrogens with zero attached hydrogens (tertiary/aromatic N) is 1. The van der Waals surface area contributed by atoms with Gasteiger partial charge in [0.15, 0.2) is 0 Å². The maximum atomic E-state index is 11.9. The van der Waals surface area contributed by atoms with Crippen LogP contribution in [0.3, 0.4) is 0 Å². The summed E-state index contributed by atoms with van der Waals surface area (Å²) in [5, 5.41) is 5.89. The highest BCUT2D eigenvalue weighted by Gasteiger charge is 2.28. The number of carbonyl (C=O) groups is 2. The van der Waals surface area contributed by atoms with Crippen LogP contribution in [0.1, 0.15) is 19.8 Å². The van der Waals surface area contributed by atoms with Gasteiger partial charge in [-0.05, 0) is 19.8 Å². The topological polar surface area (TPSA) is 70.7 Å². The monoisotopic (exact) mass is 255 g/mol. The Balaban J connectivity index is 1.80. The van der Waals surface area contributed by atoms with Gasteiger partial charge in [0.1, 0.15) is 0 Å². The standard InChI is InChI=1S/C12H21N3O3/c1-9(10-3-2-8-18-10)14-11(16)12(17)15-6-4-13-5-7-15/h9-10,13H,2-8H2,1H3,(H,14,16). The molecule has 0 radical (unpaired) electrons. The minimum Gasteiger partial charge on any atom is -0.376 e. The van der Waals surface area contributed by atoms with Gasteiger partial charge in [0, 0.05) is 32.8 Å². The zero-order valence-corrected chi connectivity index (χ0v) is 10.8. The molecule has 2 unspecified atom stereocenters. The first-order valence-electron chi connectivity index (χ1n) is 6.60. The van der Waals surface area contributed by atoms with Crippen molar-refractivity contribution in [2.24, 2.45) is 0 Å². The molecule has 2 aliphatic heterocycles. The molecule has 2 N–H and O–H groups in total. The van der Waals surface area contributed by atoms with Crippen molar-refractivity contribution in [1.82, 2.24) is 15.5 Å². The lowest BCUT2D eigenvalue weighted by molar-refractivity contribution is -0.146. The van der Waals surface area contributed by atoms with E-state index in [1.807, 2.05) is 6.92 Å². The van der Waals surface area contributed by atoms with E-state index in [1.165, 1.54) is 0 Å². The first-order chi connectivity index (χ1) is 8.68. The van der Waals surface area contributed by atoms with Gasteiger partial charge >= 0.3 is 11.8 Å². The third kappa shape index (κ3) is 3.20. The van der Waals surface area contributed by atoms with E-state index < -0.39 is 11.8 Å². The van der Waals surface area contributed by atoms with Crippen molar-refractivity contribution < 1.29 is 14.3 Å². The summed E-state index contributed by atoms with van der Waals surface area (Å²) < 4.78 is 5.49. The van der Waals surface area contributed by atoms with Crippen LogP contribution in [0.25, 0.3) is 0 Å². The number of amides is 2. The summed E-state index contributed by atoms with van der Waals surface area (Å²) >= 11 is 0. The fourth-order valence-corrected chi connectivity index (χ4v) is 2.37. The van der Waals surface area contributed by atoms with Crippen molar-refractivity contribution >= 4 is 11.8 Å². The highest BCUT2D eigenvalue weighted by atomic mass is 16.5.